The first kappa shape index (κ1) is 17.1. The number of hydrogen-bond donors (Lipinski definition) is 3. The number of halogens is 1. The van der Waals surface area contributed by atoms with Crippen molar-refractivity contribution in [3.05, 3.63) is 94.5 Å². The van der Waals surface area contributed by atoms with Crippen LogP contribution in [-0.2, 0) is 0 Å². The highest BCUT2D eigenvalue weighted by Gasteiger charge is 2.24. The molecular weight excluding hydrogens is 362 g/mol. The lowest BCUT2D eigenvalue weighted by Crippen LogP contribution is -2.38. The van der Waals surface area contributed by atoms with Crippen LogP contribution in [0.25, 0.3) is 0 Å². The zero-order chi connectivity index (χ0) is 18.8. The Balaban J connectivity index is 1.54. The van der Waals surface area contributed by atoms with Crippen LogP contribution < -0.4 is 16.0 Å². The molecule has 3 N–H and O–H groups in total. The van der Waals surface area contributed by atoms with Crippen LogP contribution in [0.2, 0.25) is 5.02 Å². The summed E-state index contributed by atoms with van der Waals surface area (Å²) in [5.41, 5.74) is 3.39. The number of fused-ring (bicyclic) bond motifs is 1. The van der Waals surface area contributed by atoms with Gasteiger partial charge in [-0.2, -0.15) is 0 Å². The van der Waals surface area contributed by atoms with Gasteiger partial charge in [-0.15, -0.1) is 0 Å². The van der Waals surface area contributed by atoms with Crippen LogP contribution in [-0.4, -0.2) is 11.8 Å². The molecular formula is C21H16ClN3O2. The van der Waals surface area contributed by atoms with Gasteiger partial charge in [0.15, 0.2) is 0 Å². The zero-order valence-corrected chi connectivity index (χ0v) is 15.0. The first-order valence-electron chi connectivity index (χ1n) is 8.43. The molecule has 6 heteroatoms. The predicted molar refractivity (Wildman–Crippen MR) is 106 cm³/mol. The molecule has 1 aliphatic heterocycles. The van der Waals surface area contributed by atoms with E-state index in [-0.39, 0.29) is 18.0 Å². The topological polar surface area (TPSA) is 70.2 Å². The number of amides is 2. The second kappa shape index (κ2) is 7.13. The van der Waals surface area contributed by atoms with Crippen LogP contribution in [0.3, 0.4) is 0 Å². The number of nitrogens with one attached hydrogen (secondary N) is 3. The molecule has 134 valence electrons. The molecule has 1 atom stereocenters. The lowest BCUT2D eigenvalue weighted by Gasteiger charge is -2.28. The number of carbonyl (C=O) groups is 2. The molecule has 0 fully saturated rings. The van der Waals surface area contributed by atoms with E-state index in [1.807, 2.05) is 36.4 Å². The molecule has 0 radical (unpaired) electrons. The molecule has 0 bridgehead atoms. The monoisotopic (exact) mass is 377 g/mol. The molecule has 1 heterocycles. The molecule has 0 saturated carbocycles. The fraction of sp³-hybridized carbons (Fsp3) is 0.0476. The van der Waals surface area contributed by atoms with Crippen molar-refractivity contribution in [1.82, 2.24) is 5.32 Å². The van der Waals surface area contributed by atoms with Gasteiger partial charge in [0, 0.05) is 22.0 Å². The first-order valence-corrected chi connectivity index (χ1v) is 8.81. The Hall–Kier alpha value is -3.31. The Morgan fingerprint density at radius 1 is 0.926 bits per heavy atom. The van der Waals surface area contributed by atoms with Gasteiger partial charge in [0.1, 0.15) is 6.17 Å². The molecule has 3 aromatic rings. The minimum absolute atomic E-state index is 0.134. The van der Waals surface area contributed by atoms with Crippen molar-refractivity contribution in [2.24, 2.45) is 0 Å². The molecule has 0 saturated heterocycles. The standard InChI is InChI=1S/C21H16ClN3O2/c22-15-10-8-13(9-11-15)20(26)23-16-5-3-4-14(12-16)19-24-18-7-2-1-6-17(18)21(27)25-19/h1-12,19,24H,(H,23,26)(H,25,27). The second-order valence-electron chi connectivity index (χ2n) is 6.18. The quantitative estimate of drug-likeness (QED) is 0.631. The van der Waals surface area contributed by atoms with Crippen LogP contribution in [0, 0.1) is 0 Å². The van der Waals surface area contributed by atoms with Crippen molar-refractivity contribution in [3.8, 4) is 0 Å². The Labute approximate surface area is 161 Å². The van der Waals surface area contributed by atoms with E-state index < -0.39 is 0 Å². The molecule has 4 rings (SSSR count). The maximum Gasteiger partial charge on any atom is 0.255 e. The van der Waals surface area contributed by atoms with Crippen molar-refractivity contribution in [2.45, 2.75) is 6.17 Å². The summed E-state index contributed by atoms with van der Waals surface area (Å²) in [6, 6.07) is 21.4. The van der Waals surface area contributed by atoms with Crippen LogP contribution in [0.15, 0.2) is 72.8 Å². The normalized spacial score (nSPS) is 15.3. The summed E-state index contributed by atoms with van der Waals surface area (Å²) in [5.74, 6) is -0.361. The zero-order valence-electron chi connectivity index (χ0n) is 14.2. The summed E-state index contributed by atoms with van der Waals surface area (Å²) in [6.45, 7) is 0. The van der Waals surface area contributed by atoms with Crippen molar-refractivity contribution in [3.63, 3.8) is 0 Å². The van der Waals surface area contributed by atoms with E-state index in [1.165, 1.54) is 0 Å². The molecule has 3 aromatic carbocycles. The van der Waals surface area contributed by atoms with Gasteiger partial charge in [0.25, 0.3) is 11.8 Å². The van der Waals surface area contributed by atoms with E-state index in [1.54, 1.807) is 36.4 Å². The fourth-order valence-electron chi connectivity index (χ4n) is 2.97. The van der Waals surface area contributed by atoms with Crippen molar-refractivity contribution in [1.29, 1.82) is 0 Å². The molecule has 27 heavy (non-hydrogen) atoms. The number of para-hydroxylation sites is 1. The van der Waals surface area contributed by atoms with E-state index in [0.29, 0.717) is 21.8 Å². The molecule has 1 unspecified atom stereocenters. The summed E-state index contributed by atoms with van der Waals surface area (Å²) in [7, 11) is 0. The summed E-state index contributed by atoms with van der Waals surface area (Å²) < 4.78 is 0. The minimum atomic E-state index is -0.375. The average Bonchev–Trinajstić information content (AvgIpc) is 2.68. The smallest absolute Gasteiger partial charge is 0.255 e. The third-order valence-electron chi connectivity index (χ3n) is 4.33. The van der Waals surface area contributed by atoms with E-state index in [2.05, 4.69) is 16.0 Å². The predicted octanol–water partition coefficient (Wildman–Crippen LogP) is 4.45. The van der Waals surface area contributed by atoms with Gasteiger partial charge in [-0.1, -0.05) is 35.9 Å². The van der Waals surface area contributed by atoms with Gasteiger partial charge < -0.3 is 16.0 Å². The van der Waals surface area contributed by atoms with Crippen molar-refractivity contribution < 1.29 is 9.59 Å². The first-order chi connectivity index (χ1) is 13.1. The third-order valence-corrected chi connectivity index (χ3v) is 4.58. The molecule has 0 aliphatic carbocycles. The van der Waals surface area contributed by atoms with Crippen LogP contribution >= 0.6 is 11.6 Å². The van der Waals surface area contributed by atoms with Crippen molar-refractivity contribution >= 4 is 34.8 Å². The van der Waals surface area contributed by atoms with Crippen LogP contribution in [0.5, 0.6) is 0 Å². The van der Waals surface area contributed by atoms with Gasteiger partial charge in [0.05, 0.1) is 5.56 Å². The molecule has 0 spiro atoms. The highest BCUT2D eigenvalue weighted by Crippen LogP contribution is 2.27. The largest absolute Gasteiger partial charge is 0.361 e. The lowest BCUT2D eigenvalue weighted by atomic mass is 10.1. The van der Waals surface area contributed by atoms with Crippen LogP contribution in [0.4, 0.5) is 11.4 Å². The van der Waals surface area contributed by atoms with Gasteiger partial charge in [-0.05, 0) is 54.1 Å². The summed E-state index contributed by atoms with van der Waals surface area (Å²) in [6.07, 6.45) is -0.375. The third kappa shape index (κ3) is 3.64. The Morgan fingerprint density at radius 2 is 1.70 bits per heavy atom. The van der Waals surface area contributed by atoms with Crippen LogP contribution in [0.1, 0.15) is 32.4 Å². The highest BCUT2D eigenvalue weighted by molar-refractivity contribution is 6.30. The Kier molecular flexibility index (Phi) is 4.52. The van der Waals surface area contributed by atoms with E-state index in [4.69, 9.17) is 11.6 Å². The number of rotatable bonds is 3. The van der Waals surface area contributed by atoms with E-state index in [9.17, 15) is 9.59 Å². The fourth-order valence-corrected chi connectivity index (χ4v) is 3.10. The lowest BCUT2D eigenvalue weighted by molar-refractivity contribution is 0.0934. The van der Waals surface area contributed by atoms with E-state index in [0.717, 1.165) is 11.3 Å². The SMILES string of the molecule is O=C(Nc1cccc(C2NC(=O)c3ccccc3N2)c1)c1ccc(Cl)cc1. The molecule has 2 amide bonds. The summed E-state index contributed by atoms with van der Waals surface area (Å²) in [5, 5.41) is 9.67. The number of benzene rings is 3. The summed E-state index contributed by atoms with van der Waals surface area (Å²) >= 11 is 5.86. The number of hydrogen-bond acceptors (Lipinski definition) is 3. The molecule has 1 aliphatic rings. The number of anilines is 2. The Bertz CT molecular complexity index is 1020. The molecule has 0 aromatic heterocycles. The second-order valence-corrected chi connectivity index (χ2v) is 6.62. The van der Waals surface area contributed by atoms with Gasteiger partial charge >= 0.3 is 0 Å². The highest BCUT2D eigenvalue weighted by atomic mass is 35.5. The van der Waals surface area contributed by atoms with Gasteiger partial charge in [-0.25, -0.2) is 0 Å². The van der Waals surface area contributed by atoms with Gasteiger partial charge in [0.2, 0.25) is 0 Å². The minimum Gasteiger partial charge on any atom is -0.361 e. The maximum atomic E-state index is 12.4. The average molecular weight is 378 g/mol. The van der Waals surface area contributed by atoms with Crippen molar-refractivity contribution in [2.75, 3.05) is 10.6 Å². The van der Waals surface area contributed by atoms with Gasteiger partial charge in [-0.3, -0.25) is 9.59 Å². The molecule has 5 nitrogen and oxygen atoms in total. The maximum absolute atomic E-state index is 12.4. The summed E-state index contributed by atoms with van der Waals surface area (Å²) in [4.78, 5) is 24.7. The van der Waals surface area contributed by atoms with E-state index >= 15 is 0 Å². The number of carbonyl (C=O) groups excluding carboxylic acids is 2. The Morgan fingerprint density at radius 3 is 2.52 bits per heavy atom.